The van der Waals surface area contributed by atoms with E-state index in [1.54, 1.807) is 0 Å². The van der Waals surface area contributed by atoms with Crippen LogP contribution in [0.3, 0.4) is 0 Å². The maximum atomic E-state index is 2.75. The van der Waals surface area contributed by atoms with Gasteiger partial charge in [0.15, 0.2) is 0 Å². The van der Waals surface area contributed by atoms with E-state index in [4.69, 9.17) is 0 Å². The van der Waals surface area contributed by atoms with Gasteiger partial charge >= 0.3 is 0 Å². The SMILES string of the molecule is Cc1cc2c(cc1N1c3cc4c(cc3B3c5cc(C(C)(C)C)ccc5N(c5ccc(C(C)(C)C)cc5)c5cc(C(C)(C)C)cc1c53)C(C)(C)CCC4(C)C)C(C)(C)CCC2(C)C. The van der Waals surface area contributed by atoms with Crippen LogP contribution in [0.4, 0.5) is 34.1 Å². The molecule has 0 atom stereocenters. The summed E-state index contributed by atoms with van der Waals surface area (Å²) >= 11 is 0. The van der Waals surface area contributed by atoms with Gasteiger partial charge in [-0.15, -0.1) is 0 Å². The summed E-state index contributed by atoms with van der Waals surface area (Å²) in [4.78, 5) is 5.38. The molecule has 62 heavy (non-hydrogen) atoms. The van der Waals surface area contributed by atoms with Gasteiger partial charge in [0.25, 0.3) is 6.71 Å². The molecule has 4 aliphatic rings. The van der Waals surface area contributed by atoms with E-state index in [1.807, 2.05) is 0 Å². The van der Waals surface area contributed by atoms with Gasteiger partial charge in [-0.2, -0.15) is 0 Å². The van der Waals surface area contributed by atoms with Crippen molar-refractivity contribution < 1.29 is 0 Å². The highest BCUT2D eigenvalue weighted by Gasteiger charge is 2.48. The molecule has 0 N–H and O–H groups in total. The molecule has 2 aliphatic carbocycles. The van der Waals surface area contributed by atoms with Crippen LogP contribution in [0.1, 0.15) is 188 Å². The average Bonchev–Trinajstić information content (AvgIpc) is 3.16. The van der Waals surface area contributed by atoms with Crippen LogP contribution < -0.4 is 26.2 Å². The number of benzene rings is 5. The Hall–Kier alpha value is -4.24. The molecule has 0 saturated heterocycles. The van der Waals surface area contributed by atoms with E-state index >= 15 is 0 Å². The Balaban J connectivity index is 1.45. The lowest BCUT2D eigenvalue weighted by molar-refractivity contribution is 0.331. The molecule has 0 spiro atoms. The highest BCUT2D eigenvalue weighted by molar-refractivity contribution is 7.00. The topological polar surface area (TPSA) is 6.48 Å². The quantitative estimate of drug-likeness (QED) is 0.160. The fraction of sp³-hybridized carbons (Fsp3) is 0.492. The van der Waals surface area contributed by atoms with Crippen LogP contribution in [0.15, 0.2) is 78.9 Å². The van der Waals surface area contributed by atoms with Crippen molar-refractivity contribution in [2.24, 2.45) is 0 Å². The van der Waals surface area contributed by atoms with Gasteiger partial charge in [-0.3, -0.25) is 0 Å². The first-order valence-corrected chi connectivity index (χ1v) is 23.9. The normalized spacial score (nSPS) is 19.3. The fourth-order valence-corrected chi connectivity index (χ4v) is 11.6. The summed E-state index contributed by atoms with van der Waals surface area (Å²) in [7, 11) is 0. The molecule has 2 aliphatic heterocycles. The lowest BCUT2D eigenvalue weighted by atomic mass is 9.32. The number of rotatable bonds is 2. The van der Waals surface area contributed by atoms with Crippen LogP contribution in [0.25, 0.3) is 0 Å². The van der Waals surface area contributed by atoms with Crippen LogP contribution in [-0.2, 0) is 37.9 Å². The van der Waals surface area contributed by atoms with Crippen molar-refractivity contribution in [3.05, 3.63) is 123 Å². The average molecular weight is 823 g/mol. The summed E-state index contributed by atoms with van der Waals surface area (Å²) in [6, 6.07) is 32.7. The summed E-state index contributed by atoms with van der Waals surface area (Å²) in [5.74, 6) is 0. The summed E-state index contributed by atoms with van der Waals surface area (Å²) in [5.41, 5.74) is 24.0. The summed E-state index contributed by atoms with van der Waals surface area (Å²) in [6.07, 6.45) is 4.78. The third-order valence-electron chi connectivity index (χ3n) is 16.2. The van der Waals surface area contributed by atoms with Crippen LogP contribution in [0, 0.1) is 6.92 Å². The van der Waals surface area contributed by atoms with Gasteiger partial charge in [0.2, 0.25) is 0 Å². The molecule has 5 aromatic carbocycles. The van der Waals surface area contributed by atoms with Crippen molar-refractivity contribution >= 4 is 57.2 Å². The number of hydrogen-bond acceptors (Lipinski definition) is 2. The zero-order chi connectivity index (χ0) is 45.1. The van der Waals surface area contributed by atoms with E-state index in [0.717, 1.165) is 0 Å². The Morgan fingerprint density at radius 2 is 0.823 bits per heavy atom. The van der Waals surface area contributed by atoms with E-state index in [-0.39, 0.29) is 44.6 Å². The molecule has 0 saturated carbocycles. The number of anilines is 6. The Labute approximate surface area is 377 Å². The molecule has 324 valence electrons. The molecule has 9 rings (SSSR count). The van der Waals surface area contributed by atoms with E-state index in [0.29, 0.717) is 0 Å². The Bertz CT molecular complexity index is 2650. The number of fused-ring (bicyclic) bond motifs is 6. The van der Waals surface area contributed by atoms with E-state index < -0.39 is 0 Å². The van der Waals surface area contributed by atoms with Gasteiger partial charge in [-0.05, 0) is 174 Å². The van der Waals surface area contributed by atoms with Gasteiger partial charge in [0, 0.05) is 34.1 Å². The first-order chi connectivity index (χ1) is 28.5. The highest BCUT2D eigenvalue weighted by atomic mass is 15.2. The monoisotopic (exact) mass is 823 g/mol. The van der Waals surface area contributed by atoms with Crippen molar-refractivity contribution in [2.45, 2.75) is 188 Å². The summed E-state index contributed by atoms with van der Waals surface area (Å²) in [6.45, 7) is 43.6. The van der Waals surface area contributed by atoms with Crippen LogP contribution >= 0.6 is 0 Å². The molecule has 2 heterocycles. The van der Waals surface area contributed by atoms with Crippen molar-refractivity contribution in [3.63, 3.8) is 0 Å². The number of aryl methyl sites for hydroxylation is 1. The second-order valence-electron chi connectivity index (χ2n) is 25.8. The second-order valence-corrected chi connectivity index (χ2v) is 25.8. The highest BCUT2D eigenvalue weighted by Crippen LogP contribution is 2.54. The zero-order valence-corrected chi connectivity index (χ0v) is 41.8. The fourth-order valence-electron chi connectivity index (χ4n) is 11.6. The van der Waals surface area contributed by atoms with E-state index in [2.05, 4.69) is 213 Å². The lowest BCUT2D eigenvalue weighted by Crippen LogP contribution is -2.62. The first-order valence-electron chi connectivity index (χ1n) is 23.9. The van der Waals surface area contributed by atoms with Gasteiger partial charge in [0.05, 0.1) is 0 Å². The van der Waals surface area contributed by atoms with Crippen molar-refractivity contribution in [3.8, 4) is 0 Å². The van der Waals surface area contributed by atoms with Crippen molar-refractivity contribution in [2.75, 3.05) is 9.80 Å². The predicted molar refractivity (Wildman–Crippen MR) is 272 cm³/mol. The minimum atomic E-state index is -0.0795. The van der Waals surface area contributed by atoms with Gasteiger partial charge < -0.3 is 9.80 Å². The third-order valence-corrected chi connectivity index (χ3v) is 16.2. The minimum absolute atomic E-state index is 0.000358. The van der Waals surface area contributed by atoms with Crippen molar-refractivity contribution in [1.82, 2.24) is 0 Å². The summed E-state index contributed by atoms with van der Waals surface area (Å²) < 4.78 is 0. The summed E-state index contributed by atoms with van der Waals surface area (Å²) in [5, 5.41) is 0. The lowest BCUT2D eigenvalue weighted by Gasteiger charge is -2.48. The Morgan fingerprint density at radius 1 is 0.403 bits per heavy atom. The maximum Gasteiger partial charge on any atom is 0.252 e. The Morgan fingerprint density at radius 3 is 1.32 bits per heavy atom. The van der Waals surface area contributed by atoms with Crippen LogP contribution in [0.2, 0.25) is 0 Å². The standard InChI is InChI=1S/C59H75BN2/c1-36-29-41-43(58(15,16)27-25-56(41,11)12)34-48(36)62-49-35-44-42(57(13,14)26-28-59(44,17)18)33-46(49)60-45-30-38(54(5,6)7)21-24-47(45)61(40-22-19-37(20-23-40)53(2,3)4)50-31-39(55(8,9)10)32-51(62)52(50)60/h19-24,29-35H,25-28H2,1-18H3. The van der Waals surface area contributed by atoms with E-state index in [9.17, 15) is 0 Å². The second kappa shape index (κ2) is 13.4. The maximum absolute atomic E-state index is 2.75. The molecule has 5 aromatic rings. The predicted octanol–water partition coefficient (Wildman–Crippen LogP) is 14.7. The molecule has 0 aromatic heterocycles. The molecular formula is C59H75BN2. The first kappa shape index (κ1) is 43.0. The minimum Gasteiger partial charge on any atom is -0.311 e. The molecule has 2 nitrogen and oxygen atoms in total. The number of nitrogens with zero attached hydrogens (tertiary/aromatic N) is 2. The van der Waals surface area contributed by atoms with Gasteiger partial charge in [-0.1, -0.05) is 154 Å². The molecule has 0 bridgehead atoms. The van der Waals surface area contributed by atoms with Crippen LogP contribution in [0.5, 0.6) is 0 Å². The molecule has 0 fully saturated rings. The molecule has 0 amide bonds. The largest absolute Gasteiger partial charge is 0.311 e. The molecule has 0 radical (unpaired) electrons. The molecular weight excluding hydrogens is 747 g/mol. The molecule has 0 unspecified atom stereocenters. The molecule has 3 heteroatoms. The van der Waals surface area contributed by atoms with E-state index in [1.165, 1.54) is 121 Å². The Kier molecular flexibility index (Phi) is 9.30. The van der Waals surface area contributed by atoms with Crippen molar-refractivity contribution in [1.29, 1.82) is 0 Å². The van der Waals surface area contributed by atoms with Crippen LogP contribution in [-0.4, -0.2) is 6.71 Å². The van der Waals surface area contributed by atoms with Gasteiger partial charge in [-0.25, -0.2) is 0 Å². The third kappa shape index (κ3) is 6.64. The zero-order valence-electron chi connectivity index (χ0n) is 41.8. The number of hydrogen-bond donors (Lipinski definition) is 0. The van der Waals surface area contributed by atoms with Gasteiger partial charge in [0.1, 0.15) is 0 Å². The smallest absolute Gasteiger partial charge is 0.252 e.